The first-order chi connectivity index (χ1) is 13.4. The van der Waals surface area contributed by atoms with Gasteiger partial charge in [0.1, 0.15) is 0 Å². The van der Waals surface area contributed by atoms with Gasteiger partial charge in [-0.25, -0.2) is 19.9 Å². The highest BCUT2D eigenvalue weighted by molar-refractivity contribution is 7.22. The summed E-state index contributed by atoms with van der Waals surface area (Å²) in [4.78, 5) is 29.8. The molecule has 0 fully saturated rings. The molecule has 142 valence electrons. The molecule has 1 aromatic carbocycles. The fraction of sp³-hybridized carbons (Fsp3) is 0.167. The Hall–Kier alpha value is -2.62. The summed E-state index contributed by atoms with van der Waals surface area (Å²) in [6, 6.07) is 7.34. The molecule has 0 unspecified atom stereocenters. The number of benzene rings is 1. The Morgan fingerprint density at radius 3 is 2.64 bits per heavy atom. The number of nitrogens with one attached hydrogen (secondary N) is 2. The number of hydrogen-bond donors (Lipinski definition) is 2. The summed E-state index contributed by atoms with van der Waals surface area (Å²) in [7, 11) is 0. The normalized spacial score (nSPS) is 11.0. The van der Waals surface area contributed by atoms with E-state index in [1.54, 1.807) is 6.07 Å². The van der Waals surface area contributed by atoms with E-state index in [1.807, 2.05) is 37.4 Å². The van der Waals surface area contributed by atoms with E-state index in [1.165, 1.54) is 22.7 Å². The molecule has 7 nitrogen and oxygen atoms in total. The first-order valence-corrected chi connectivity index (χ1v) is 10.4. The van der Waals surface area contributed by atoms with Crippen molar-refractivity contribution in [2.75, 3.05) is 10.6 Å². The molecule has 4 rings (SSSR count). The minimum absolute atomic E-state index is 0.155. The lowest BCUT2D eigenvalue weighted by atomic mass is 10.3. The SMILES string of the molecule is Cc1cc(C)nc(Nc2nc(CC(=O)Nc3nc4ccc(Cl)cc4s3)cs2)n1. The highest BCUT2D eigenvalue weighted by Gasteiger charge is 2.12. The number of aromatic nitrogens is 4. The molecule has 3 aromatic heterocycles. The number of carbonyl (C=O) groups excluding carboxylic acids is 1. The maximum Gasteiger partial charge on any atom is 0.232 e. The highest BCUT2D eigenvalue weighted by Crippen LogP contribution is 2.28. The quantitative estimate of drug-likeness (QED) is 0.475. The zero-order chi connectivity index (χ0) is 19.7. The van der Waals surface area contributed by atoms with Crippen LogP contribution in [0.15, 0.2) is 29.6 Å². The summed E-state index contributed by atoms with van der Waals surface area (Å²) in [6.07, 6.45) is 0.155. The van der Waals surface area contributed by atoms with Crippen molar-refractivity contribution in [3.05, 3.63) is 51.7 Å². The van der Waals surface area contributed by atoms with Crippen LogP contribution in [0.3, 0.4) is 0 Å². The molecule has 4 aromatic rings. The van der Waals surface area contributed by atoms with Crippen molar-refractivity contribution in [1.29, 1.82) is 0 Å². The maximum absolute atomic E-state index is 12.3. The molecule has 3 heterocycles. The minimum Gasteiger partial charge on any atom is -0.302 e. The summed E-state index contributed by atoms with van der Waals surface area (Å²) in [5.41, 5.74) is 3.23. The Balaban J connectivity index is 1.40. The largest absolute Gasteiger partial charge is 0.302 e. The van der Waals surface area contributed by atoms with Crippen LogP contribution < -0.4 is 10.6 Å². The van der Waals surface area contributed by atoms with E-state index in [0.29, 0.717) is 26.9 Å². The molecule has 2 N–H and O–H groups in total. The number of nitrogens with zero attached hydrogens (tertiary/aromatic N) is 4. The number of carbonyl (C=O) groups is 1. The lowest BCUT2D eigenvalue weighted by Gasteiger charge is -2.03. The molecular weight excluding hydrogens is 416 g/mol. The lowest BCUT2D eigenvalue weighted by Crippen LogP contribution is -2.14. The molecule has 0 aliphatic heterocycles. The van der Waals surface area contributed by atoms with Crippen LogP contribution in [0.5, 0.6) is 0 Å². The first-order valence-electron chi connectivity index (χ1n) is 8.34. The number of fused-ring (bicyclic) bond motifs is 1. The average molecular weight is 431 g/mol. The third kappa shape index (κ3) is 4.44. The van der Waals surface area contributed by atoms with E-state index in [0.717, 1.165) is 21.6 Å². The van der Waals surface area contributed by atoms with E-state index < -0.39 is 0 Å². The first kappa shape index (κ1) is 18.7. The van der Waals surface area contributed by atoms with Gasteiger partial charge >= 0.3 is 0 Å². The van der Waals surface area contributed by atoms with Crippen LogP contribution in [-0.2, 0) is 11.2 Å². The van der Waals surface area contributed by atoms with Gasteiger partial charge in [0.25, 0.3) is 0 Å². The third-order valence-corrected chi connectivity index (χ3v) is 5.67. The summed E-state index contributed by atoms with van der Waals surface area (Å²) >= 11 is 8.77. The Morgan fingerprint density at radius 2 is 1.86 bits per heavy atom. The van der Waals surface area contributed by atoms with Gasteiger partial charge < -0.3 is 10.6 Å². The summed E-state index contributed by atoms with van der Waals surface area (Å²) in [5, 5.41) is 9.56. The Morgan fingerprint density at radius 1 is 1.07 bits per heavy atom. The minimum atomic E-state index is -0.176. The van der Waals surface area contributed by atoms with Crippen LogP contribution in [0.2, 0.25) is 5.02 Å². The van der Waals surface area contributed by atoms with Gasteiger partial charge in [-0.3, -0.25) is 4.79 Å². The Bertz CT molecular complexity index is 1150. The van der Waals surface area contributed by atoms with Crippen molar-refractivity contribution in [3.63, 3.8) is 0 Å². The van der Waals surface area contributed by atoms with E-state index >= 15 is 0 Å². The number of rotatable bonds is 5. The fourth-order valence-corrected chi connectivity index (χ4v) is 4.46. The van der Waals surface area contributed by atoms with Crippen LogP contribution in [-0.4, -0.2) is 25.8 Å². The zero-order valence-electron chi connectivity index (χ0n) is 15.0. The monoisotopic (exact) mass is 430 g/mol. The Kier molecular flexibility index (Phi) is 5.21. The molecule has 0 aliphatic rings. The van der Waals surface area contributed by atoms with E-state index in [2.05, 4.69) is 30.6 Å². The molecule has 0 radical (unpaired) electrons. The van der Waals surface area contributed by atoms with Crippen LogP contribution >= 0.6 is 34.3 Å². The van der Waals surface area contributed by atoms with E-state index in [4.69, 9.17) is 11.6 Å². The van der Waals surface area contributed by atoms with E-state index in [9.17, 15) is 4.79 Å². The Labute approximate surface area is 173 Å². The maximum atomic E-state index is 12.3. The number of anilines is 3. The van der Waals surface area contributed by atoms with Crippen molar-refractivity contribution in [2.45, 2.75) is 20.3 Å². The van der Waals surface area contributed by atoms with Gasteiger partial charge in [-0.1, -0.05) is 22.9 Å². The van der Waals surface area contributed by atoms with Crippen molar-refractivity contribution >= 4 is 66.6 Å². The summed E-state index contributed by atoms with van der Waals surface area (Å²) in [5.74, 6) is 0.320. The molecule has 0 bridgehead atoms. The third-order valence-electron chi connectivity index (χ3n) is 3.69. The number of aryl methyl sites for hydroxylation is 2. The molecule has 1 amide bonds. The van der Waals surface area contributed by atoms with Gasteiger partial charge in [0.15, 0.2) is 10.3 Å². The number of halogens is 1. The van der Waals surface area contributed by atoms with E-state index in [-0.39, 0.29) is 12.3 Å². The van der Waals surface area contributed by atoms with Crippen molar-refractivity contribution < 1.29 is 4.79 Å². The molecular formula is C18H15ClN6OS2. The van der Waals surface area contributed by atoms with Crippen LogP contribution in [0.4, 0.5) is 16.2 Å². The molecule has 0 aliphatic carbocycles. The highest BCUT2D eigenvalue weighted by atomic mass is 35.5. The van der Waals surface area contributed by atoms with Crippen molar-refractivity contribution in [2.24, 2.45) is 0 Å². The number of amides is 1. The van der Waals surface area contributed by atoms with Gasteiger partial charge in [-0.15, -0.1) is 11.3 Å². The van der Waals surface area contributed by atoms with Crippen LogP contribution in [0.1, 0.15) is 17.1 Å². The second-order valence-corrected chi connectivity index (χ2v) is 8.42. The van der Waals surface area contributed by atoms with Crippen molar-refractivity contribution in [3.8, 4) is 0 Å². The van der Waals surface area contributed by atoms with Gasteiger partial charge in [-0.05, 0) is 38.1 Å². The molecule has 10 heteroatoms. The van der Waals surface area contributed by atoms with Gasteiger partial charge in [-0.2, -0.15) is 0 Å². The predicted octanol–water partition coefficient (Wildman–Crippen LogP) is 4.74. The topological polar surface area (TPSA) is 92.7 Å². The average Bonchev–Trinajstić information content (AvgIpc) is 3.19. The summed E-state index contributed by atoms with van der Waals surface area (Å²) in [6.45, 7) is 3.82. The van der Waals surface area contributed by atoms with Crippen LogP contribution in [0.25, 0.3) is 10.2 Å². The standard InChI is InChI=1S/C18H15ClN6OS2/c1-9-5-10(2)21-16(20-9)25-17-22-12(8-27-17)7-15(26)24-18-23-13-4-3-11(19)6-14(13)28-18/h3-6,8H,7H2,1-2H3,(H,23,24,26)(H,20,21,22,25). The molecule has 28 heavy (non-hydrogen) atoms. The molecule has 0 atom stereocenters. The second kappa shape index (κ2) is 7.78. The fourth-order valence-electron chi connectivity index (χ4n) is 2.60. The molecule has 0 spiro atoms. The van der Waals surface area contributed by atoms with Crippen molar-refractivity contribution in [1.82, 2.24) is 19.9 Å². The second-order valence-electron chi connectivity index (χ2n) is 6.10. The smallest absolute Gasteiger partial charge is 0.232 e. The molecule has 0 saturated carbocycles. The summed E-state index contributed by atoms with van der Waals surface area (Å²) < 4.78 is 0.927. The number of hydrogen-bond acceptors (Lipinski definition) is 8. The lowest BCUT2D eigenvalue weighted by molar-refractivity contribution is -0.115. The van der Waals surface area contributed by atoms with Gasteiger partial charge in [0.2, 0.25) is 11.9 Å². The zero-order valence-corrected chi connectivity index (χ0v) is 17.4. The number of thiazole rings is 2. The van der Waals surface area contributed by atoms with Gasteiger partial charge in [0, 0.05) is 21.8 Å². The van der Waals surface area contributed by atoms with Crippen LogP contribution in [0, 0.1) is 13.8 Å². The predicted molar refractivity (Wildman–Crippen MR) is 114 cm³/mol. The molecule has 0 saturated heterocycles. The van der Waals surface area contributed by atoms with Gasteiger partial charge in [0.05, 0.1) is 22.3 Å².